The van der Waals surface area contributed by atoms with E-state index in [1.54, 1.807) is 0 Å². The molecule has 0 saturated heterocycles. The van der Waals surface area contributed by atoms with E-state index in [4.69, 9.17) is 5.73 Å². The number of rotatable bonds is 2. The molecule has 4 nitrogen and oxygen atoms in total. The first-order valence-electron chi connectivity index (χ1n) is 4.11. The summed E-state index contributed by atoms with van der Waals surface area (Å²) in [6.45, 7) is 1.06. The summed E-state index contributed by atoms with van der Waals surface area (Å²) in [4.78, 5) is 6.89. The minimum absolute atomic E-state index is 0.604. The van der Waals surface area contributed by atoms with Gasteiger partial charge >= 0.3 is 6.18 Å². The molecule has 0 aliphatic rings. The molecule has 0 aliphatic heterocycles. The van der Waals surface area contributed by atoms with E-state index < -0.39 is 23.5 Å². The molecule has 0 radical (unpaired) electrons. The lowest BCUT2D eigenvalue weighted by atomic mass is 9.92. The Hall–Kier alpha value is -1.21. The molecule has 15 heavy (non-hydrogen) atoms. The first-order valence-corrected chi connectivity index (χ1v) is 4.11. The predicted octanol–water partition coefficient (Wildman–Crippen LogP) is 0.574. The van der Waals surface area contributed by atoms with Crippen LogP contribution in [0, 0.1) is 0 Å². The van der Waals surface area contributed by atoms with Crippen LogP contribution in [0.4, 0.5) is 13.2 Å². The number of hydrogen-bond donors (Lipinski definition) is 2. The van der Waals surface area contributed by atoms with Crippen LogP contribution in [0.25, 0.3) is 0 Å². The second kappa shape index (κ2) is 3.74. The van der Waals surface area contributed by atoms with Gasteiger partial charge in [0, 0.05) is 18.4 Å². The molecular formula is C8H10F3N3O. The van der Waals surface area contributed by atoms with Crippen LogP contribution in [-0.2, 0) is 5.60 Å². The molecule has 2 unspecified atom stereocenters. The number of hydrogen-bond acceptors (Lipinski definition) is 4. The van der Waals surface area contributed by atoms with Gasteiger partial charge in [0.1, 0.15) is 5.69 Å². The van der Waals surface area contributed by atoms with Crippen LogP contribution < -0.4 is 5.73 Å². The van der Waals surface area contributed by atoms with Gasteiger partial charge in [-0.1, -0.05) is 0 Å². The van der Waals surface area contributed by atoms with Crippen LogP contribution in [0.2, 0.25) is 0 Å². The van der Waals surface area contributed by atoms with Gasteiger partial charge in [-0.15, -0.1) is 0 Å². The minimum atomic E-state index is -4.89. The highest BCUT2D eigenvalue weighted by atomic mass is 19.4. The lowest BCUT2D eigenvalue weighted by Gasteiger charge is -2.32. The van der Waals surface area contributed by atoms with Gasteiger partial charge in [0.15, 0.2) is 0 Å². The molecule has 84 valence electrons. The zero-order valence-electron chi connectivity index (χ0n) is 7.86. The van der Waals surface area contributed by atoms with E-state index >= 15 is 0 Å². The molecule has 1 aromatic rings. The average molecular weight is 221 g/mol. The minimum Gasteiger partial charge on any atom is -0.374 e. The Bertz CT molecular complexity index is 328. The maximum absolute atomic E-state index is 12.6. The van der Waals surface area contributed by atoms with E-state index in [1.807, 2.05) is 0 Å². The fourth-order valence-electron chi connectivity index (χ4n) is 1.13. The van der Waals surface area contributed by atoms with Crippen LogP contribution >= 0.6 is 0 Å². The van der Waals surface area contributed by atoms with Gasteiger partial charge in [0.2, 0.25) is 5.60 Å². The maximum atomic E-state index is 12.6. The van der Waals surface area contributed by atoms with E-state index in [0.29, 0.717) is 0 Å². The van der Waals surface area contributed by atoms with Crippen LogP contribution in [-0.4, -0.2) is 27.3 Å². The van der Waals surface area contributed by atoms with Crippen molar-refractivity contribution in [3.05, 3.63) is 24.3 Å². The lowest BCUT2D eigenvalue weighted by molar-refractivity contribution is -0.274. The molecule has 1 rings (SSSR count). The topological polar surface area (TPSA) is 72.0 Å². The van der Waals surface area contributed by atoms with Gasteiger partial charge in [0.25, 0.3) is 0 Å². The number of nitrogens with two attached hydrogens (primary N) is 1. The Kier molecular flexibility index (Phi) is 2.96. The highest BCUT2D eigenvalue weighted by Gasteiger charge is 2.58. The zero-order chi connectivity index (χ0) is 11.7. The van der Waals surface area contributed by atoms with Gasteiger partial charge < -0.3 is 10.8 Å². The molecule has 3 N–H and O–H groups in total. The van der Waals surface area contributed by atoms with Crippen molar-refractivity contribution in [2.24, 2.45) is 5.73 Å². The largest absolute Gasteiger partial charge is 0.424 e. The molecule has 1 aromatic heterocycles. The summed E-state index contributed by atoms with van der Waals surface area (Å²) in [7, 11) is 0. The third-order valence-corrected chi connectivity index (χ3v) is 2.04. The highest BCUT2D eigenvalue weighted by molar-refractivity contribution is 5.14. The summed E-state index contributed by atoms with van der Waals surface area (Å²) in [5.41, 5.74) is 1.38. The molecule has 1 heterocycles. The summed E-state index contributed by atoms with van der Waals surface area (Å²) < 4.78 is 37.9. The fourth-order valence-corrected chi connectivity index (χ4v) is 1.13. The van der Waals surface area contributed by atoms with Crippen molar-refractivity contribution in [2.45, 2.75) is 24.7 Å². The monoisotopic (exact) mass is 221 g/mol. The molecule has 0 saturated carbocycles. The summed E-state index contributed by atoms with van der Waals surface area (Å²) in [5.74, 6) is 0. The SMILES string of the molecule is CC(N)C(O)(c1cnccn1)C(F)(F)F. The van der Waals surface area contributed by atoms with E-state index in [9.17, 15) is 18.3 Å². The molecule has 0 amide bonds. The smallest absolute Gasteiger partial charge is 0.374 e. The predicted molar refractivity (Wildman–Crippen MR) is 45.6 cm³/mol. The van der Waals surface area contributed by atoms with E-state index in [0.717, 1.165) is 19.3 Å². The van der Waals surface area contributed by atoms with Crippen molar-refractivity contribution in [1.29, 1.82) is 0 Å². The van der Waals surface area contributed by atoms with Gasteiger partial charge in [0.05, 0.1) is 6.20 Å². The summed E-state index contributed by atoms with van der Waals surface area (Å²) >= 11 is 0. The third kappa shape index (κ3) is 1.93. The highest BCUT2D eigenvalue weighted by Crippen LogP contribution is 2.39. The second-order valence-electron chi connectivity index (χ2n) is 3.14. The first kappa shape index (κ1) is 11.9. The van der Waals surface area contributed by atoms with Crippen molar-refractivity contribution in [2.75, 3.05) is 0 Å². The molecule has 0 aliphatic carbocycles. The normalized spacial score (nSPS) is 18.3. The summed E-state index contributed by atoms with van der Waals surface area (Å²) in [6, 6.07) is -1.53. The van der Waals surface area contributed by atoms with Crippen LogP contribution in [0.3, 0.4) is 0 Å². The molecule has 0 fully saturated rings. The number of alkyl halides is 3. The van der Waals surface area contributed by atoms with Crippen LogP contribution in [0.15, 0.2) is 18.6 Å². The van der Waals surface area contributed by atoms with Crippen molar-refractivity contribution >= 4 is 0 Å². The molecule has 0 spiro atoms. The van der Waals surface area contributed by atoms with Crippen molar-refractivity contribution < 1.29 is 18.3 Å². The first-order chi connectivity index (χ1) is 6.80. The molecule has 2 atom stereocenters. The molecule has 0 aromatic carbocycles. The van der Waals surface area contributed by atoms with Crippen molar-refractivity contribution in [3.63, 3.8) is 0 Å². The summed E-state index contributed by atoms with van der Waals surface area (Å²) in [6.07, 6.45) is -1.77. The lowest BCUT2D eigenvalue weighted by Crippen LogP contribution is -2.54. The zero-order valence-corrected chi connectivity index (χ0v) is 7.86. The number of aliphatic hydroxyl groups is 1. The fraction of sp³-hybridized carbons (Fsp3) is 0.500. The maximum Gasteiger partial charge on any atom is 0.424 e. The van der Waals surface area contributed by atoms with Crippen molar-refractivity contribution in [1.82, 2.24) is 9.97 Å². The van der Waals surface area contributed by atoms with Gasteiger partial charge in [-0.2, -0.15) is 13.2 Å². The van der Waals surface area contributed by atoms with Crippen molar-refractivity contribution in [3.8, 4) is 0 Å². The van der Waals surface area contributed by atoms with E-state index in [1.165, 1.54) is 6.20 Å². The van der Waals surface area contributed by atoms with Crippen LogP contribution in [0.5, 0.6) is 0 Å². The number of aromatic nitrogens is 2. The Morgan fingerprint density at radius 3 is 2.33 bits per heavy atom. The standard InChI is InChI=1S/C8H10F3N3O/c1-5(12)7(15,8(9,10)11)6-4-13-2-3-14-6/h2-5,15H,12H2,1H3. The quantitative estimate of drug-likeness (QED) is 0.766. The van der Waals surface area contributed by atoms with E-state index in [2.05, 4.69) is 9.97 Å². The molecule has 0 bridgehead atoms. The Labute approximate surface area is 84.0 Å². The van der Waals surface area contributed by atoms with Gasteiger partial charge in [-0.05, 0) is 6.92 Å². The van der Waals surface area contributed by atoms with Gasteiger partial charge in [-0.3, -0.25) is 9.97 Å². The Morgan fingerprint density at radius 2 is 2.00 bits per heavy atom. The second-order valence-corrected chi connectivity index (χ2v) is 3.14. The average Bonchev–Trinajstić information content (AvgIpc) is 2.16. The summed E-state index contributed by atoms with van der Waals surface area (Å²) in [5, 5.41) is 9.54. The van der Waals surface area contributed by atoms with E-state index in [-0.39, 0.29) is 0 Å². The number of halogens is 3. The van der Waals surface area contributed by atoms with Gasteiger partial charge in [-0.25, -0.2) is 0 Å². The molecule has 7 heteroatoms. The third-order valence-electron chi connectivity index (χ3n) is 2.04. The number of nitrogens with zero attached hydrogens (tertiary/aromatic N) is 2. The molecular weight excluding hydrogens is 211 g/mol. The Balaban J connectivity index is 3.26. The Morgan fingerprint density at radius 1 is 1.40 bits per heavy atom. The van der Waals surface area contributed by atoms with Crippen LogP contribution in [0.1, 0.15) is 12.6 Å².